The lowest BCUT2D eigenvalue weighted by atomic mass is 10.2. The van der Waals surface area contributed by atoms with Gasteiger partial charge >= 0.3 is 5.97 Å². The number of rotatable bonds is 6. The molecule has 6 heteroatoms. The molecule has 0 aromatic heterocycles. The third kappa shape index (κ3) is 4.65. The molecule has 0 aliphatic carbocycles. The van der Waals surface area contributed by atoms with Gasteiger partial charge in [-0.3, -0.25) is 0 Å². The lowest BCUT2D eigenvalue weighted by Gasteiger charge is -2.11. The standard InChI is InChI=1S/C15H13BrClNO3/c16-10-1-4-12(5-2-10)21-8-7-18-14-6-3-11(17)9-13(14)15(19)20/h1-6,9,18H,7-8H2,(H,19,20). The minimum Gasteiger partial charge on any atom is -0.492 e. The van der Waals surface area contributed by atoms with Gasteiger partial charge in [0.1, 0.15) is 12.4 Å². The average Bonchev–Trinajstić information content (AvgIpc) is 2.46. The number of nitrogens with one attached hydrogen (secondary N) is 1. The van der Waals surface area contributed by atoms with Crippen LogP contribution in [-0.4, -0.2) is 24.2 Å². The van der Waals surface area contributed by atoms with Gasteiger partial charge in [-0.15, -0.1) is 0 Å². The fraction of sp³-hybridized carbons (Fsp3) is 0.133. The van der Waals surface area contributed by atoms with Crippen LogP contribution in [0.3, 0.4) is 0 Å². The monoisotopic (exact) mass is 369 g/mol. The molecule has 0 fully saturated rings. The Morgan fingerprint density at radius 3 is 2.62 bits per heavy atom. The minimum atomic E-state index is -1.02. The van der Waals surface area contributed by atoms with Crippen LogP contribution < -0.4 is 10.1 Å². The number of hydrogen-bond acceptors (Lipinski definition) is 3. The molecular formula is C15H13BrClNO3. The molecule has 0 radical (unpaired) electrons. The van der Waals surface area contributed by atoms with Gasteiger partial charge in [-0.05, 0) is 42.5 Å². The van der Waals surface area contributed by atoms with Crippen LogP contribution in [0.5, 0.6) is 5.75 Å². The van der Waals surface area contributed by atoms with E-state index in [2.05, 4.69) is 21.2 Å². The summed E-state index contributed by atoms with van der Waals surface area (Å²) in [5.74, 6) is -0.261. The van der Waals surface area contributed by atoms with E-state index in [-0.39, 0.29) is 5.56 Å². The van der Waals surface area contributed by atoms with Crippen molar-refractivity contribution in [3.8, 4) is 5.75 Å². The Hall–Kier alpha value is -1.72. The van der Waals surface area contributed by atoms with Crippen LogP contribution in [0.1, 0.15) is 10.4 Å². The minimum absolute atomic E-state index is 0.145. The van der Waals surface area contributed by atoms with Gasteiger partial charge in [0.15, 0.2) is 0 Å². The van der Waals surface area contributed by atoms with Crippen molar-refractivity contribution in [2.75, 3.05) is 18.5 Å². The number of carbonyl (C=O) groups is 1. The van der Waals surface area contributed by atoms with Gasteiger partial charge in [0.05, 0.1) is 5.56 Å². The summed E-state index contributed by atoms with van der Waals surface area (Å²) in [6.45, 7) is 0.904. The Morgan fingerprint density at radius 1 is 1.24 bits per heavy atom. The third-order valence-electron chi connectivity index (χ3n) is 2.71. The largest absolute Gasteiger partial charge is 0.492 e. The molecule has 21 heavy (non-hydrogen) atoms. The zero-order chi connectivity index (χ0) is 15.2. The molecule has 0 saturated carbocycles. The summed E-state index contributed by atoms with van der Waals surface area (Å²) in [6, 6.07) is 12.2. The van der Waals surface area contributed by atoms with Crippen LogP contribution in [0, 0.1) is 0 Å². The van der Waals surface area contributed by atoms with Crippen molar-refractivity contribution in [3.63, 3.8) is 0 Å². The van der Waals surface area contributed by atoms with Crippen molar-refractivity contribution >= 4 is 39.2 Å². The summed E-state index contributed by atoms with van der Waals surface area (Å²) in [4.78, 5) is 11.1. The number of carboxylic acid groups (broad SMARTS) is 1. The maximum absolute atomic E-state index is 11.1. The summed E-state index contributed by atoms with van der Waals surface area (Å²) in [5.41, 5.74) is 0.664. The van der Waals surface area contributed by atoms with E-state index >= 15 is 0 Å². The second-order valence-corrected chi connectivity index (χ2v) is 5.58. The van der Waals surface area contributed by atoms with Gasteiger partial charge < -0.3 is 15.2 Å². The van der Waals surface area contributed by atoms with E-state index < -0.39 is 5.97 Å². The Labute approximate surface area is 135 Å². The maximum atomic E-state index is 11.1. The van der Waals surface area contributed by atoms with Gasteiger partial charge in [0, 0.05) is 21.7 Å². The number of carboxylic acids is 1. The quantitative estimate of drug-likeness (QED) is 0.745. The van der Waals surface area contributed by atoms with Crippen LogP contribution in [0.25, 0.3) is 0 Å². The second-order valence-electron chi connectivity index (χ2n) is 4.22. The summed E-state index contributed by atoms with van der Waals surface area (Å²) >= 11 is 9.15. The van der Waals surface area contributed by atoms with Crippen molar-refractivity contribution < 1.29 is 14.6 Å². The Morgan fingerprint density at radius 2 is 1.95 bits per heavy atom. The summed E-state index contributed by atoms with van der Waals surface area (Å²) in [6.07, 6.45) is 0. The van der Waals surface area contributed by atoms with E-state index in [9.17, 15) is 4.79 Å². The normalized spacial score (nSPS) is 10.2. The van der Waals surface area contributed by atoms with Gasteiger partial charge in [-0.1, -0.05) is 27.5 Å². The molecule has 0 unspecified atom stereocenters. The fourth-order valence-corrected chi connectivity index (χ4v) is 2.17. The molecule has 0 aliphatic heterocycles. The van der Waals surface area contributed by atoms with Gasteiger partial charge in [-0.25, -0.2) is 4.79 Å². The van der Waals surface area contributed by atoms with Gasteiger partial charge in [-0.2, -0.15) is 0 Å². The first-order chi connectivity index (χ1) is 10.1. The molecule has 2 aromatic rings. The molecule has 2 N–H and O–H groups in total. The predicted octanol–water partition coefficient (Wildman–Crippen LogP) is 4.29. The molecule has 0 amide bonds. The van der Waals surface area contributed by atoms with Crippen molar-refractivity contribution in [1.29, 1.82) is 0 Å². The fourth-order valence-electron chi connectivity index (χ4n) is 1.73. The number of halogens is 2. The molecule has 0 atom stereocenters. The van der Waals surface area contributed by atoms with E-state index in [1.165, 1.54) is 6.07 Å². The molecular weight excluding hydrogens is 358 g/mol. The topological polar surface area (TPSA) is 58.6 Å². The number of benzene rings is 2. The highest BCUT2D eigenvalue weighted by molar-refractivity contribution is 9.10. The lowest BCUT2D eigenvalue weighted by molar-refractivity contribution is 0.0698. The number of ether oxygens (including phenoxy) is 1. The second kappa shape index (κ2) is 7.33. The summed E-state index contributed by atoms with van der Waals surface area (Å²) in [5, 5.41) is 12.5. The lowest BCUT2D eigenvalue weighted by Crippen LogP contribution is -2.13. The molecule has 4 nitrogen and oxygen atoms in total. The summed E-state index contributed by atoms with van der Waals surface area (Å²) in [7, 11) is 0. The summed E-state index contributed by atoms with van der Waals surface area (Å²) < 4.78 is 6.54. The van der Waals surface area contributed by atoms with Gasteiger partial charge in [0.25, 0.3) is 0 Å². The van der Waals surface area contributed by atoms with E-state index in [1.54, 1.807) is 12.1 Å². The molecule has 110 valence electrons. The average molecular weight is 371 g/mol. The zero-order valence-corrected chi connectivity index (χ0v) is 13.3. The van der Waals surface area contributed by atoms with Gasteiger partial charge in [0.2, 0.25) is 0 Å². The highest BCUT2D eigenvalue weighted by Gasteiger charge is 2.10. The SMILES string of the molecule is O=C(O)c1cc(Cl)ccc1NCCOc1ccc(Br)cc1. The van der Waals surface area contributed by atoms with Crippen LogP contribution in [0.15, 0.2) is 46.9 Å². The Bertz CT molecular complexity index is 631. The molecule has 2 rings (SSSR count). The van der Waals surface area contributed by atoms with E-state index in [4.69, 9.17) is 21.4 Å². The first kappa shape index (κ1) is 15.7. The molecule has 0 spiro atoms. The van der Waals surface area contributed by atoms with Crippen molar-refractivity contribution in [1.82, 2.24) is 0 Å². The van der Waals surface area contributed by atoms with Crippen molar-refractivity contribution in [2.24, 2.45) is 0 Å². The predicted molar refractivity (Wildman–Crippen MR) is 86.5 cm³/mol. The van der Waals surface area contributed by atoms with Crippen molar-refractivity contribution in [2.45, 2.75) is 0 Å². The van der Waals surface area contributed by atoms with Crippen LogP contribution in [-0.2, 0) is 0 Å². The Balaban J connectivity index is 1.89. The smallest absolute Gasteiger partial charge is 0.337 e. The molecule has 0 aliphatic rings. The van der Waals surface area contributed by atoms with Crippen LogP contribution in [0.2, 0.25) is 5.02 Å². The molecule has 0 heterocycles. The molecule has 2 aromatic carbocycles. The first-order valence-electron chi connectivity index (χ1n) is 6.21. The first-order valence-corrected chi connectivity index (χ1v) is 7.38. The van der Waals surface area contributed by atoms with Crippen molar-refractivity contribution in [3.05, 3.63) is 57.5 Å². The van der Waals surface area contributed by atoms with E-state index in [1.807, 2.05) is 24.3 Å². The number of aromatic carboxylic acids is 1. The van der Waals surface area contributed by atoms with Crippen LogP contribution in [0.4, 0.5) is 5.69 Å². The number of hydrogen-bond donors (Lipinski definition) is 2. The molecule has 0 bridgehead atoms. The van der Waals surface area contributed by atoms with Crippen LogP contribution >= 0.6 is 27.5 Å². The number of anilines is 1. The van der Waals surface area contributed by atoms with E-state index in [0.29, 0.717) is 23.9 Å². The maximum Gasteiger partial charge on any atom is 0.337 e. The highest BCUT2D eigenvalue weighted by atomic mass is 79.9. The Kier molecular flexibility index (Phi) is 5.47. The molecule has 0 saturated heterocycles. The highest BCUT2D eigenvalue weighted by Crippen LogP contribution is 2.21. The third-order valence-corrected chi connectivity index (χ3v) is 3.48. The van der Waals surface area contributed by atoms with E-state index in [0.717, 1.165) is 10.2 Å². The zero-order valence-electron chi connectivity index (χ0n) is 11.0.